The summed E-state index contributed by atoms with van der Waals surface area (Å²) in [5.74, 6) is 0.809. The molecule has 1 N–H and O–H groups in total. The molecular formula is C19H21N3O4. The van der Waals surface area contributed by atoms with Crippen LogP contribution in [0.5, 0.6) is 11.6 Å². The van der Waals surface area contributed by atoms with E-state index in [2.05, 4.69) is 15.4 Å². The van der Waals surface area contributed by atoms with Crippen LogP contribution in [0, 0.1) is 5.92 Å². The van der Waals surface area contributed by atoms with E-state index in [1.807, 2.05) is 0 Å². The topological polar surface area (TPSA) is 84.7 Å². The fourth-order valence-electron chi connectivity index (χ4n) is 3.70. The fourth-order valence-corrected chi connectivity index (χ4v) is 3.70. The molecule has 136 valence electrons. The van der Waals surface area contributed by atoms with E-state index in [9.17, 15) is 9.59 Å². The van der Waals surface area contributed by atoms with Gasteiger partial charge in [-0.25, -0.2) is 0 Å². The number of hydrogen-bond acceptors (Lipinski definition) is 6. The molecule has 1 aromatic carbocycles. The number of carbonyl (C=O) groups excluding carboxylic acids is 2. The summed E-state index contributed by atoms with van der Waals surface area (Å²) in [6, 6.07) is 8.60. The molecule has 4 heterocycles. The van der Waals surface area contributed by atoms with Crippen LogP contribution in [0.3, 0.4) is 0 Å². The molecule has 0 radical (unpaired) electrons. The number of aromatic nitrogens is 1. The van der Waals surface area contributed by atoms with Crippen molar-refractivity contribution in [2.75, 3.05) is 19.6 Å². The van der Waals surface area contributed by atoms with E-state index in [0.717, 1.165) is 32.5 Å². The summed E-state index contributed by atoms with van der Waals surface area (Å²) < 4.78 is 10.6. The average Bonchev–Trinajstić information content (AvgIpc) is 3.12. The number of nitrogens with zero attached hydrogens (tertiary/aromatic N) is 2. The predicted octanol–water partition coefficient (Wildman–Crippen LogP) is 2.49. The molecule has 3 saturated heterocycles. The predicted molar refractivity (Wildman–Crippen MR) is 93.4 cm³/mol. The number of ether oxygens (including phenoxy) is 1. The Morgan fingerprint density at radius 2 is 2.04 bits per heavy atom. The van der Waals surface area contributed by atoms with Gasteiger partial charge in [-0.1, -0.05) is 12.1 Å². The van der Waals surface area contributed by atoms with Crippen molar-refractivity contribution < 1.29 is 18.8 Å². The lowest BCUT2D eigenvalue weighted by Crippen LogP contribution is -2.57. The van der Waals surface area contributed by atoms with Crippen LogP contribution in [0.4, 0.5) is 0 Å². The van der Waals surface area contributed by atoms with Gasteiger partial charge in [0.25, 0.3) is 11.8 Å². The molecule has 1 aromatic heterocycles. The minimum Gasteiger partial charge on any atom is -0.436 e. The molecule has 3 fully saturated rings. The van der Waals surface area contributed by atoms with Crippen molar-refractivity contribution in [3.8, 4) is 11.6 Å². The normalized spacial score (nSPS) is 24.3. The summed E-state index contributed by atoms with van der Waals surface area (Å²) in [6.07, 6.45) is 2.27. The van der Waals surface area contributed by atoms with Gasteiger partial charge < -0.3 is 19.5 Å². The molecule has 0 saturated carbocycles. The second kappa shape index (κ2) is 6.92. The van der Waals surface area contributed by atoms with Gasteiger partial charge in [0.05, 0.1) is 11.6 Å². The summed E-state index contributed by atoms with van der Waals surface area (Å²) in [5, 5.41) is 6.88. The van der Waals surface area contributed by atoms with E-state index in [4.69, 9.17) is 9.26 Å². The van der Waals surface area contributed by atoms with Gasteiger partial charge in [0.1, 0.15) is 5.75 Å². The summed E-state index contributed by atoms with van der Waals surface area (Å²) in [5.41, 5.74) is 0.441. The SMILES string of the molecule is CC(=O)c1cc(Oc2ccccc2C(=O)N[C@H]2CN3CCC2CC3)no1. The lowest BCUT2D eigenvalue weighted by molar-refractivity contribution is 0.0619. The zero-order valence-corrected chi connectivity index (χ0v) is 14.6. The number of piperidine rings is 3. The summed E-state index contributed by atoms with van der Waals surface area (Å²) in [6.45, 7) is 4.55. The highest BCUT2D eigenvalue weighted by Crippen LogP contribution is 2.29. The lowest BCUT2D eigenvalue weighted by atomic mass is 9.84. The van der Waals surface area contributed by atoms with Crippen molar-refractivity contribution in [3.63, 3.8) is 0 Å². The quantitative estimate of drug-likeness (QED) is 0.830. The van der Waals surface area contributed by atoms with Crippen molar-refractivity contribution in [1.82, 2.24) is 15.4 Å². The Kier molecular flexibility index (Phi) is 4.46. The molecule has 0 spiro atoms. The second-order valence-electron chi connectivity index (χ2n) is 6.90. The van der Waals surface area contributed by atoms with Gasteiger partial charge in [-0.15, -0.1) is 0 Å². The highest BCUT2D eigenvalue weighted by molar-refractivity contribution is 5.97. The maximum atomic E-state index is 12.8. The van der Waals surface area contributed by atoms with E-state index in [1.165, 1.54) is 13.0 Å². The second-order valence-corrected chi connectivity index (χ2v) is 6.90. The number of hydrogen-bond donors (Lipinski definition) is 1. The molecule has 3 aliphatic heterocycles. The van der Waals surface area contributed by atoms with Gasteiger partial charge in [-0.05, 0) is 49.1 Å². The number of nitrogens with one attached hydrogen (secondary N) is 1. The van der Waals surface area contributed by atoms with E-state index < -0.39 is 0 Å². The van der Waals surface area contributed by atoms with Crippen molar-refractivity contribution in [1.29, 1.82) is 0 Å². The van der Waals surface area contributed by atoms with E-state index in [1.54, 1.807) is 24.3 Å². The monoisotopic (exact) mass is 355 g/mol. The molecule has 3 aliphatic rings. The standard InChI is InChI=1S/C19H21N3O4/c1-12(23)17-10-18(21-26-17)25-16-5-3-2-4-14(16)19(24)20-15-11-22-8-6-13(15)7-9-22/h2-5,10,13,15H,6-9,11H2,1H3,(H,20,24)/t15-/m0/s1. The highest BCUT2D eigenvalue weighted by atomic mass is 16.5. The van der Waals surface area contributed by atoms with E-state index >= 15 is 0 Å². The summed E-state index contributed by atoms with van der Waals surface area (Å²) >= 11 is 0. The molecule has 5 rings (SSSR count). The van der Waals surface area contributed by atoms with Crippen LogP contribution in [0.1, 0.15) is 40.7 Å². The van der Waals surface area contributed by atoms with Crippen LogP contribution in [0.2, 0.25) is 0 Å². The molecule has 26 heavy (non-hydrogen) atoms. The van der Waals surface area contributed by atoms with Crippen LogP contribution >= 0.6 is 0 Å². The van der Waals surface area contributed by atoms with Crippen LogP contribution in [0.15, 0.2) is 34.9 Å². The third-order valence-corrected chi connectivity index (χ3v) is 5.15. The number of benzene rings is 1. The molecule has 0 aliphatic carbocycles. The molecule has 2 aromatic rings. The fraction of sp³-hybridized carbons (Fsp3) is 0.421. The average molecular weight is 355 g/mol. The Morgan fingerprint density at radius 1 is 1.27 bits per heavy atom. The van der Waals surface area contributed by atoms with Crippen molar-refractivity contribution in [3.05, 3.63) is 41.7 Å². The first-order valence-corrected chi connectivity index (χ1v) is 8.88. The van der Waals surface area contributed by atoms with Gasteiger partial charge in [-0.3, -0.25) is 9.59 Å². The number of para-hydroxylation sites is 1. The Labute approximate surface area is 151 Å². The van der Waals surface area contributed by atoms with Gasteiger partial charge in [0.2, 0.25) is 5.76 Å². The largest absolute Gasteiger partial charge is 0.436 e. The minimum atomic E-state index is -0.235. The number of fused-ring (bicyclic) bond motifs is 3. The summed E-state index contributed by atoms with van der Waals surface area (Å²) in [7, 11) is 0. The van der Waals surface area contributed by atoms with Crippen molar-refractivity contribution in [2.45, 2.75) is 25.8 Å². The van der Waals surface area contributed by atoms with Crippen LogP contribution in [-0.4, -0.2) is 47.4 Å². The van der Waals surface area contributed by atoms with E-state index in [0.29, 0.717) is 17.2 Å². The Hall–Kier alpha value is -2.67. The molecule has 0 unspecified atom stereocenters. The Bertz CT molecular complexity index is 824. The number of ketones is 1. The molecule has 1 atom stereocenters. The highest BCUT2D eigenvalue weighted by Gasteiger charge is 2.35. The summed E-state index contributed by atoms with van der Waals surface area (Å²) in [4.78, 5) is 26.5. The first-order valence-electron chi connectivity index (χ1n) is 8.88. The molecular weight excluding hydrogens is 334 g/mol. The number of Topliss-reactive ketones (excluding diaryl/α,β-unsaturated/α-hetero) is 1. The third-order valence-electron chi connectivity index (χ3n) is 5.15. The number of rotatable bonds is 5. The van der Waals surface area contributed by atoms with Gasteiger partial charge in [0.15, 0.2) is 5.78 Å². The maximum Gasteiger partial charge on any atom is 0.260 e. The molecule has 2 bridgehead atoms. The first-order chi connectivity index (χ1) is 12.6. The van der Waals surface area contributed by atoms with Gasteiger partial charge in [-0.2, -0.15) is 0 Å². The van der Waals surface area contributed by atoms with Crippen LogP contribution in [0.25, 0.3) is 0 Å². The van der Waals surface area contributed by atoms with E-state index in [-0.39, 0.29) is 29.4 Å². The number of amides is 1. The zero-order valence-electron chi connectivity index (χ0n) is 14.6. The zero-order chi connectivity index (χ0) is 18.1. The molecule has 7 heteroatoms. The first kappa shape index (κ1) is 16.8. The van der Waals surface area contributed by atoms with Gasteiger partial charge in [0, 0.05) is 19.5 Å². The lowest BCUT2D eigenvalue weighted by Gasteiger charge is -2.44. The van der Waals surface area contributed by atoms with Gasteiger partial charge >= 0.3 is 0 Å². The maximum absolute atomic E-state index is 12.8. The Balaban J connectivity index is 1.49. The third kappa shape index (κ3) is 3.35. The minimum absolute atomic E-state index is 0.120. The smallest absolute Gasteiger partial charge is 0.260 e. The van der Waals surface area contributed by atoms with Crippen LogP contribution < -0.4 is 10.1 Å². The van der Waals surface area contributed by atoms with Crippen molar-refractivity contribution in [2.24, 2.45) is 5.92 Å². The molecule has 7 nitrogen and oxygen atoms in total. The Morgan fingerprint density at radius 3 is 2.69 bits per heavy atom. The van der Waals surface area contributed by atoms with Crippen LogP contribution in [-0.2, 0) is 0 Å². The van der Waals surface area contributed by atoms with Crippen molar-refractivity contribution >= 4 is 11.7 Å². The number of carbonyl (C=O) groups is 2. The molecule has 1 amide bonds.